The summed E-state index contributed by atoms with van der Waals surface area (Å²) in [6, 6.07) is -1.90. The molecule has 0 unspecified atom stereocenters. The Labute approximate surface area is 116 Å². The molecule has 3 nitrogen and oxygen atoms in total. The van der Waals surface area contributed by atoms with Crippen LogP contribution in [0.1, 0.15) is 41.5 Å². The van der Waals surface area contributed by atoms with Gasteiger partial charge in [-0.05, 0) is 0 Å². The number of hydrogen-bond donors (Lipinski definition) is 2. The summed E-state index contributed by atoms with van der Waals surface area (Å²) in [5.74, 6) is 0. The molecule has 2 N–H and O–H groups in total. The van der Waals surface area contributed by atoms with Crippen molar-refractivity contribution in [1.82, 2.24) is 10.2 Å². The van der Waals surface area contributed by atoms with E-state index in [4.69, 9.17) is 4.21 Å². The first-order chi connectivity index (χ1) is 7.12. The van der Waals surface area contributed by atoms with Crippen LogP contribution in [0, 0.1) is 0 Å². The van der Waals surface area contributed by atoms with Crippen LogP contribution in [0.5, 0.6) is 0 Å². The molecule has 0 atom stereocenters. The Morgan fingerprint density at radius 1 is 0.882 bits per heavy atom. The Balaban J connectivity index is 5.03. The quantitative estimate of drug-likeness (QED) is 0.606. The van der Waals surface area contributed by atoms with E-state index in [1.54, 1.807) is 0 Å². The van der Waals surface area contributed by atoms with E-state index in [1.165, 1.54) is 0 Å². The fourth-order valence-corrected chi connectivity index (χ4v) is 14.3. The van der Waals surface area contributed by atoms with Crippen LogP contribution in [0.25, 0.3) is 0 Å². The van der Waals surface area contributed by atoms with Gasteiger partial charge in [0, 0.05) is 0 Å². The predicted octanol–water partition coefficient (Wildman–Crippen LogP) is 3.46. The molecule has 0 aliphatic heterocycles. The summed E-state index contributed by atoms with van der Waals surface area (Å²) >= 11 is 3.26. The normalized spacial score (nSPS) is 15.1. The van der Waals surface area contributed by atoms with Crippen molar-refractivity contribution in [1.29, 1.82) is 0 Å². The molecule has 0 aromatic heterocycles. The molecule has 0 heterocycles. The molecule has 0 aromatic rings. The van der Waals surface area contributed by atoms with Crippen LogP contribution in [-0.2, 0) is 4.21 Å². The van der Waals surface area contributed by atoms with Crippen LogP contribution in [0.15, 0.2) is 0 Å². The second-order valence-corrected chi connectivity index (χ2v) is 17.2. The van der Waals surface area contributed by atoms with E-state index in [1.807, 2.05) is 0 Å². The Kier molecular flexibility index (Phi) is 5.92. The third kappa shape index (κ3) is 10.6. The summed E-state index contributed by atoms with van der Waals surface area (Å²) in [5, 5.41) is 7.21. The zero-order valence-electron chi connectivity index (χ0n) is 12.8. The summed E-state index contributed by atoms with van der Waals surface area (Å²) in [5.41, 5.74) is 0.0495. The second-order valence-electron chi connectivity index (χ2n) is 7.48. The van der Waals surface area contributed by atoms with Gasteiger partial charge in [-0.2, -0.15) is 0 Å². The van der Waals surface area contributed by atoms with Crippen LogP contribution >= 0.6 is 6.04 Å². The molecular formula is C11H29N2OPSeSi. The Morgan fingerprint density at radius 3 is 1.35 bits per heavy atom. The maximum atomic E-state index is 6.35. The predicted molar refractivity (Wildman–Crippen MR) is 82.9 cm³/mol. The molecule has 104 valence electrons. The van der Waals surface area contributed by atoms with E-state index >= 15 is 0 Å². The van der Waals surface area contributed by atoms with Gasteiger partial charge in [-0.1, -0.05) is 0 Å². The van der Waals surface area contributed by atoms with E-state index < -0.39 is 14.4 Å². The third-order valence-electron chi connectivity index (χ3n) is 1.37. The van der Waals surface area contributed by atoms with Gasteiger partial charge >= 0.3 is 116 Å². The van der Waals surface area contributed by atoms with Crippen molar-refractivity contribution in [3.05, 3.63) is 0 Å². The van der Waals surface area contributed by atoms with Crippen molar-refractivity contribution in [3.8, 4) is 0 Å². The standard InChI is InChI=1S/C11H29N2OPSeSi/c1-10(2,3)12-15(16,13-11(4,5)6)14-17(7,8)9/h1-9H3,(H2,12,13,16). The van der Waals surface area contributed by atoms with Gasteiger partial charge in [-0.25, -0.2) is 0 Å². The van der Waals surface area contributed by atoms with Gasteiger partial charge in [0.15, 0.2) is 0 Å². The number of rotatable bonds is 4. The van der Waals surface area contributed by atoms with E-state index in [0.29, 0.717) is 0 Å². The van der Waals surface area contributed by atoms with Gasteiger partial charge in [0.2, 0.25) is 0 Å². The first-order valence-electron chi connectivity index (χ1n) is 6.02. The van der Waals surface area contributed by atoms with Crippen molar-refractivity contribution in [2.75, 3.05) is 0 Å². The molecule has 6 heteroatoms. The first-order valence-corrected chi connectivity index (χ1v) is 13.3. The maximum absolute atomic E-state index is 6.35. The van der Waals surface area contributed by atoms with Crippen molar-refractivity contribution in [2.45, 2.75) is 72.3 Å². The van der Waals surface area contributed by atoms with Crippen molar-refractivity contribution in [3.63, 3.8) is 0 Å². The van der Waals surface area contributed by atoms with Gasteiger partial charge in [0.1, 0.15) is 0 Å². The minimum atomic E-state index is -1.90. The Morgan fingerprint density at radius 2 is 1.18 bits per heavy atom. The molecule has 0 fully saturated rings. The summed E-state index contributed by atoms with van der Waals surface area (Å²) in [6.45, 7) is 19.6. The molecule has 0 saturated heterocycles. The van der Waals surface area contributed by atoms with Gasteiger partial charge in [-0.3, -0.25) is 0 Å². The minimum absolute atomic E-state index is 0.0247. The second kappa shape index (κ2) is 5.58. The monoisotopic (exact) mass is 344 g/mol. The Hall–Kier alpha value is 1.05. The average Bonchev–Trinajstić information content (AvgIpc) is 1.65. The van der Waals surface area contributed by atoms with Gasteiger partial charge in [-0.15, -0.1) is 0 Å². The molecule has 0 aliphatic rings. The first kappa shape index (κ1) is 18.0. The SMILES string of the molecule is CC(C)(C)NP(=[Se])(NC(C)(C)C)O[Si](C)(C)C. The summed E-state index contributed by atoms with van der Waals surface area (Å²) in [6.07, 6.45) is 0. The molecule has 17 heavy (non-hydrogen) atoms. The van der Waals surface area contributed by atoms with Crippen LogP contribution < -0.4 is 10.2 Å². The zero-order chi connectivity index (χ0) is 14.1. The number of nitrogens with one attached hydrogen (secondary N) is 2. The fraction of sp³-hybridized carbons (Fsp3) is 1.00. The van der Waals surface area contributed by atoms with Gasteiger partial charge < -0.3 is 0 Å². The summed E-state index contributed by atoms with van der Waals surface area (Å²) < 4.78 is 6.35. The van der Waals surface area contributed by atoms with E-state index in [2.05, 4.69) is 86.5 Å². The molecule has 0 saturated carbocycles. The van der Waals surface area contributed by atoms with E-state index in [0.717, 1.165) is 0 Å². The topological polar surface area (TPSA) is 33.3 Å². The molecule has 0 aliphatic carbocycles. The molecule has 0 aromatic carbocycles. The molecule has 0 radical (unpaired) electrons. The molecule has 0 spiro atoms. The number of hydrogen-bond acceptors (Lipinski definition) is 3. The van der Waals surface area contributed by atoms with Crippen LogP contribution in [0.4, 0.5) is 0 Å². The average molecular weight is 343 g/mol. The van der Waals surface area contributed by atoms with Crippen LogP contribution in [0.2, 0.25) is 19.6 Å². The van der Waals surface area contributed by atoms with Crippen molar-refractivity contribution in [2.24, 2.45) is 0 Å². The molecule has 0 bridgehead atoms. The van der Waals surface area contributed by atoms with Crippen molar-refractivity contribution < 1.29 is 4.21 Å². The van der Waals surface area contributed by atoms with Gasteiger partial charge in [0.25, 0.3) is 0 Å². The summed E-state index contributed by atoms with van der Waals surface area (Å²) in [4.78, 5) is 0. The van der Waals surface area contributed by atoms with E-state index in [-0.39, 0.29) is 11.1 Å². The molecule has 0 rings (SSSR count). The van der Waals surface area contributed by atoms with E-state index in [9.17, 15) is 0 Å². The molecular weight excluding hydrogens is 314 g/mol. The van der Waals surface area contributed by atoms with Gasteiger partial charge in [0.05, 0.1) is 0 Å². The zero-order valence-corrected chi connectivity index (χ0v) is 16.4. The molecule has 0 amide bonds. The van der Waals surface area contributed by atoms with Crippen LogP contribution in [0.3, 0.4) is 0 Å². The van der Waals surface area contributed by atoms with Crippen LogP contribution in [-0.4, -0.2) is 34.5 Å². The third-order valence-corrected chi connectivity index (χ3v) is 9.07. The fourth-order valence-electron chi connectivity index (χ4n) is 1.34. The Bertz CT molecular complexity index is 255. The summed E-state index contributed by atoms with van der Waals surface area (Å²) in [7, 11) is -1.60. The van der Waals surface area contributed by atoms with Crippen molar-refractivity contribution >= 4 is 29.5 Å².